The minimum atomic E-state index is -3.44. The monoisotopic (exact) mass is 324 g/mol. The molecule has 1 saturated heterocycles. The average molecular weight is 324 g/mol. The van der Waals surface area contributed by atoms with Gasteiger partial charge in [0.2, 0.25) is 15.2 Å². The normalized spacial score (nSPS) is 20.5. The number of rotatable bonds is 3. The quantitative estimate of drug-likeness (QED) is 0.928. The lowest BCUT2D eigenvalue weighted by Gasteiger charge is -2.30. The van der Waals surface area contributed by atoms with Crippen molar-refractivity contribution in [2.45, 2.75) is 23.7 Å². The number of benzene rings is 1. The second-order valence-electron chi connectivity index (χ2n) is 4.99. The molecule has 0 saturated carbocycles. The second-order valence-corrected chi connectivity index (χ2v) is 7.97. The van der Waals surface area contributed by atoms with E-state index < -0.39 is 10.0 Å². The first-order valence-corrected chi connectivity index (χ1v) is 8.97. The molecule has 1 aromatic heterocycles. The summed E-state index contributed by atoms with van der Waals surface area (Å²) in [5, 5.41) is 9.11. The van der Waals surface area contributed by atoms with E-state index in [1.54, 1.807) is 24.3 Å². The van der Waals surface area contributed by atoms with Gasteiger partial charge in [0.1, 0.15) is 5.01 Å². The van der Waals surface area contributed by atoms with Crippen molar-refractivity contribution in [1.29, 1.82) is 0 Å². The minimum absolute atomic E-state index is 0.0760. The number of nitrogens with zero attached hydrogens (tertiary/aromatic N) is 3. The van der Waals surface area contributed by atoms with Gasteiger partial charge in [0.05, 0.1) is 4.90 Å². The molecule has 0 bridgehead atoms. The Balaban J connectivity index is 1.83. The summed E-state index contributed by atoms with van der Waals surface area (Å²) in [7, 11) is -3.44. The van der Waals surface area contributed by atoms with E-state index in [4.69, 9.17) is 5.73 Å². The fourth-order valence-electron chi connectivity index (χ4n) is 2.52. The third-order valence-corrected chi connectivity index (χ3v) is 6.36. The van der Waals surface area contributed by atoms with Gasteiger partial charge in [0.25, 0.3) is 0 Å². The molecule has 21 heavy (non-hydrogen) atoms. The average Bonchev–Trinajstić information content (AvgIpc) is 2.95. The van der Waals surface area contributed by atoms with Crippen LogP contribution in [0, 0.1) is 0 Å². The van der Waals surface area contributed by atoms with Crippen LogP contribution in [0.25, 0.3) is 0 Å². The molecule has 3 rings (SSSR count). The molecule has 2 N–H and O–H groups in total. The molecule has 0 amide bonds. The molecule has 0 aliphatic carbocycles. The molecule has 0 spiro atoms. The van der Waals surface area contributed by atoms with Crippen molar-refractivity contribution in [3.05, 3.63) is 35.3 Å². The first-order chi connectivity index (χ1) is 10.1. The second kappa shape index (κ2) is 5.70. The molecule has 112 valence electrons. The van der Waals surface area contributed by atoms with Crippen LogP contribution in [0.1, 0.15) is 23.8 Å². The largest absolute Gasteiger partial charge is 0.374 e. The Labute approximate surface area is 127 Å². The lowest BCUT2D eigenvalue weighted by Crippen LogP contribution is -2.39. The van der Waals surface area contributed by atoms with Gasteiger partial charge in [-0.2, -0.15) is 4.31 Å². The summed E-state index contributed by atoms with van der Waals surface area (Å²) < 4.78 is 26.8. The van der Waals surface area contributed by atoms with E-state index in [-0.39, 0.29) is 5.92 Å². The van der Waals surface area contributed by atoms with E-state index in [1.807, 2.05) is 6.07 Å². The third-order valence-electron chi connectivity index (χ3n) is 3.57. The highest BCUT2D eigenvalue weighted by Crippen LogP contribution is 2.32. The van der Waals surface area contributed by atoms with Gasteiger partial charge in [-0.05, 0) is 25.0 Å². The molecule has 0 unspecified atom stereocenters. The van der Waals surface area contributed by atoms with E-state index in [9.17, 15) is 8.42 Å². The highest BCUT2D eigenvalue weighted by atomic mass is 32.2. The third kappa shape index (κ3) is 2.92. The number of aromatic nitrogens is 2. The van der Waals surface area contributed by atoms with Gasteiger partial charge in [-0.15, -0.1) is 10.2 Å². The Bertz CT molecular complexity index is 715. The van der Waals surface area contributed by atoms with Crippen LogP contribution in [-0.2, 0) is 10.0 Å². The Morgan fingerprint density at radius 1 is 1.24 bits per heavy atom. The maximum atomic E-state index is 12.6. The van der Waals surface area contributed by atoms with Crippen molar-refractivity contribution in [2.75, 3.05) is 18.8 Å². The predicted molar refractivity (Wildman–Crippen MR) is 81.5 cm³/mol. The molecular formula is C13H16N4O2S2. The number of nitrogens with two attached hydrogens (primary N) is 1. The standard InChI is InChI=1S/C13H16N4O2S2/c14-13-16-15-12(20-13)10-5-4-8-17(9-10)21(18,19)11-6-2-1-3-7-11/h1-3,6-7,10H,4-5,8-9H2,(H2,14,16)/t10-/m0/s1. The Morgan fingerprint density at radius 3 is 2.67 bits per heavy atom. The van der Waals surface area contributed by atoms with E-state index in [2.05, 4.69) is 10.2 Å². The zero-order valence-electron chi connectivity index (χ0n) is 11.3. The molecular weight excluding hydrogens is 308 g/mol. The zero-order valence-corrected chi connectivity index (χ0v) is 13.0. The molecule has 6 nitrogen and oxygen atoms in total. The van der Waals surface area contributed by atoms with Gasteiger partial charge in [-0.3, -0.25) is 0 Å². The lowest BCUT2D eigenvalue weighted by atomic mass is 10.0. The van der Waals surface area contributed by atoms with Gasteiger partial charge < -0.3 is 5.73 Å². The molecule has 2 heterocycles. The minimum Gasteiger partial charge on any atom is -0.374 e. The van der Waals surface area contributed by atoms with E-state index in [0.29, 0.717) is 23.1 Å². The number of hydrogen-bond acceptors (Lipinski definition) is 6. The van der Waals surface area contributed by atoms with Crippen molar-refractivity contribution in [3.63, 3.8) is 0 Å². The SMILES string of the molecule is Nc1nnc([C@H]2CCCN(S(=O)(=O)c3ccccc3)C2)s1. The summed E-state index contributed by atoms with van der Waals surface area (Å²) in [4.78, 5) is 0.336. The Morgan fingerprint density at radius 2 is 2.00 bits per heavy atom. The highest BCUT2D eigenvalue weighted by molar-refractivity contribution is 7.89. The van der Waals surface area contributed by atoms with Crippen molar-refractivity contribution >= 4 is 26.5 Å². The molecule has 1 aliphatic rings. The molecule has 0 radical (unpaired) electrons. The van der Waals surface area contributed by atoms with Crippen molar-refractivity contribution in [2.24, 2.45) is 0 Å². The van der Waals surface area contributed by atoms with Crippen LogP contribution in [-0.4, -0.2) is 36.0 Å². The number of anilines is 1. The van der Waals surface area contributed by atoms with Crippen molar-refractivity contribution < 1.29 is 8.42 Å². The topological polar surface area (TPSA) is 89.2 Å². The summed E-state index contributed by atoms with van der Waals surface area (Å²) >= 11 is 1.34. The van der Waals surface area contributed by atoms with Crippen LogP contribution in [0.5, 0.6) is 0 Å². The number of nitrogen functional groups attached to an aromatic ring is 1. The summed E-state index contributed by atoms with van der Waals surface area (Å²) in [6.07, 6.45) is 1.73. The maximum Gasteiger partial charge on any atom is 0.243 e. The molecule has 1 aliphatic heterocycles. The smallest absolute Gasteiger partial charge is 0.243 e. The predicted octanol–water partition coefficient (Wildman–Crippen LogP) is 1.69. The van der Waals surface area contributed by atoms with Gasteiger partial charge in [0.15, 0.2) is 0 Å². The van der Waals surface area contributed by atoms with Crippen LogP contribution in [0.2, 0.25) is 0 Å². The van der Waals surface area contributed by atoms with Crippen LogP contribution in [0.3, 0.4) is 0 Å². The van der Waals surface area contributed by atoms with Crippen LogP contribution in [0.4, 0.5) is 5.13 Å². The van der Waals surface area contributed by atoms with E-state index >= 15 is 0 Å². The summed E-state index contributed by atoms with van der Waals surface area (Å²) in [5.74, 6) is 0.0760. The summed E-state index contributed by atoms with van der Waals surface area (Å²) in [6.45, 7) is 0.980. The Kier molecular flexibility index (Phi) is 3.92. The summed E-state index contributed by atoms with van der Waals surface area (Å²) in [6, 6.07) is 8.53. The fourth-order valence-corrected chi connectivity index (χ4v) is 4.80. The molecule has 1 atom stereocenters. The lowest BCUT2D eigenvalue weighted by molar-refractivity contribution is 0.314. The molecule has 1 aromatic carbocycles. The fraction of sp³-hybridized carbons (Fsp3) is 0.385. The maximum absolute atomic E-state index is 12.6. The Hall–Kier alpha value is -1.51. The first kappa shape index (κ1) is 14.4. The van der Waals surface area contributed by atoms with Crippen LogP contribution < -0.4 is 5.73 Å². The van der Waals surface area contributed by atoms with Crippen molar-refractivity contribution in [3.8, 4) is 0 Å². The first-order valence-electron chi connectivity index (χ1n) is 6.71. The van der Waals surface area contributed by atoms with Crippen molar-refractivity contribution in [1.82, 2.24) is 14.5 Å². The van der Waals surface area contributed by atoms with Gasteiger partial charge >= 0.3 is 0 Å². The number of piperidine rings is 1. The molecule has 2 aromatic rings. The number of sulfonamides is 1. The summed E-state index contributed by atoms with van der Waals surface area (Å²) in [5.41, 5.74) is 5.61. The highest BCUT2D eigenvalue weighted by Gasteiger charge is 2.32. The van der Waals surface area contributed by atoms with Crippen LogP contribution in [0.15, 0.2) is 35.2 Å². The van der Waals surface area contributed by atoms with E-state index in [0.717, 1.165) is 17.8 Å². The van der Waals surface area contributed by atoms with Crippen LogP contribution >= 0.6 is 11.3 Å². The number of hydrogen-bond donors (Lipinski definition) is 1. The molecule has 1 fully saturated rings. The molecule has 8 heteroatoms. The van der Waals surface area contributed by atoms with Gasteiger partial charge in [0, 0.05) is 19.0 Å². The zero-order chi connectivity index (χ0) is 14.9. The van der Waals surface area contributed by atoms with Gasteiger partial charge in [-0.1, -0.05) is 29.5 Å². The van der Waals surface area contributed by atoms with Gasteiger partial charge in [-0.25, -0.2) is 8.42 Å². The van der Waals surface area contributed by atoms with E-state index in [1.165, 1.54) is 15.6 Å².